The maximum atomic E-state index is 12.3. The maximum absolute atomic E-state index is 12.3. The number of rotatable bonds is 7. The molecule has 3 nitrogen and oxygen atoms in total. The predicted octanol–water partition coefficient (Wildman–Crippen LogP) is 4.19. The van der Waals surface area contributed by atoms with Gasteiger partial charge in [0.25, 0.3) is 0 Å². The molecule has 0 heterocycles. The molecule has 122 valence electrons. The van der Waals surface area contributed by atoms with Crippen LogP contribution in [0.1, 0.15) is 31.0 Å². The molecule has 1 N–H and O–H groups in total. The largest absolute Gasteiger partial charge is 0.497 e. The molecule has 1 amide bonds. The van der Waals surface area contributed by atoms with Crippen LogP contribution in [-0.4, -0.2) is 18.3 Å². The van der Waals surface area contributed by atoms with Crippen molar-refractivity contribution in [1.82, 2.24) is 5.32 Å². The van der Waals surface area contributed by atoms with Crippen molar-refractivity contribution in [3.63, 3.8) is 0 Å². The number of ether oxygens (including phenoxy) is 1. The van der Waals surface area contributed by atoms with Gasteiger partial charge >= 0.3 is 0 Å². The normalized spacial score (nSPS) is 13.2. The quantitative estimate of drug-likeness (QED) is 0.827. The number of carbonyl (C=O) groups is 1. The van der Waals surface area contributed by atoms with Crippen LogP contribution in [0, 0.1) is 0 Å². The number of thioether (sulfide) groups is 1. The van der Waals surface area contributed by atoms with Crippen LogP contribution in [0.25, 0.3) is 0 Å². The molecule has 0 aliphatic heterocycles. The summed E-state index contributed by atoms with van der Waals surface area (Å²) in [5, 5.41) is 2.98. The Kier molecular flexibility index (Phi) is 6.53. The smallest absolute Gasteiger partial charge is 0.233 e. The number of carbonyl (C=O) groups excluding carboxylic acids is 1. The van der Waals surface area contributed by atoms with Crippen molar-refractivity contribution in [3.8, 4) is 5.75 Å². The summed E-state index contributed by atoms with van der Waals surface area (Å²) in [6, 6.07) is 18.0. The molecule has 0 radical (unpaired) electrons. The molecule has 2 atom stereocenters. The van der Waals surface area contributed by atoms with Gasteiger partial charge in [0.15, 0.2) is 0 Å². The number of nitrogens with one attached hydrogen (secondary N) is 1. The van der Waals surface area contributed by atoms with E-state index < -0.39 is 0 Å². The van der Waals surface area contributed by atoms with Crippen LogP contribution in [0.3, 0.4) is 0 Å². The van der Waals surface area contributed by atoms with Crippen LogP contribution in [0.4, 0.5) is 0 Å². The minimum Gasteiger partial charge on any atom is -0.497 e. The lowest BCUT2D eigenvalue weighted by molar-refractivity contribution is -0.120. The summed E-state index contributed by atoms with van der Waals surface area (Å²) >= 11 is 1.65. The fraction of sp³-hybridized carbons (Fsp3) is 0.316. The molecule has 0 spiro atoms. The predicted molar refractivity (Wildman–Crippen MR) is 96.8 cm³/mol. The van der Waals surface area contributed by atoms with Crippen molar-refractivity contribution in [3.05, 3.63) is 65.7 Å². The Morgan fingerprint density at radius 3 is 2.35 bits per heavy atom. The highest BCUT2D eigenvalue weighted by Gasteiger charge is 2.16. The van der Waals surface area contributed by atoms with Crippen LogP contribution in [0.15, 0.2) is 54.6 Å². The molecule has 0 saturated carbocycles. The van der Waals surface area contributed by atoms with E-state index in [0.29, 0.717) is 0 Å². The van der Waals surface area contributed by atoms with Gasteiger partial charge in [0.05, 0.1) is 18.4 Å². The number of hydrogen-bond donors (Lipinski definition) is 1. The van der Waals surface area contributed by atoms with Gasteiger partial charge in [0.2, 0.25) is 5.91 Å². The summed E-state index contributed by atoms with van der Waals surface area (Å²) in [7, 11) is 1.64. The molecule has 0 fully saturated rings. The summed E-state index contributed by atoms with van der Waals surface area (Å²) < 4.78 is 5.15. The maximum Gasteiger partial charge on any atom is 0.233 e. The highest BCUT2D eigenvalue weighted by atomic mass is 32.2. The number of hydrogen-bond acceptors (Lipinski definition) is 3. The van der Waals surface area contributed by atoms with E-state index >= 15 is 0 Å². The Bertz CT molecular complexity index is 613. The molecule has 23 heavy (non-hydrogen) atoms. The van der Waals surface area contributed by atoms with Gasteiger partial charge in [-0.3, -0.25) is 4.79 Å². The van der Waals surface area contributed by atoms with Crippen molar-refractivity contribution in [2.75, 3.05) is 7.11 Å². The van der Waals surface area contributed by atoms with E-state index in [1.165, 1.54) is 5.56 Å². The lowest BCUT2D eigenvalue weighted by Gasteiger charge is -2.18. The molecule has 4 heteroatoms. The SMILES string of the molecule is COc1ccc(C(C)NC(=O)C(C)SCc2ccccc2)cc1. The zero-order chi connectivity index (χ0) is 16.7. The number of benzene rings is 2. The van der Waals surface area contributed by atoms with Gasteiger partial charge in [-0.25, -0.2) is 0 Å². The van der Waals surface area contributed by atoms with Gasteiger partial charge in [-0.2, -0.15) is 0 Å². The van der Waals surface area contributed by atoms with E-state index in [1.807, 2.05) is 56.3 Å². The van der Waals surface area contributed by atoms with Crippen molar-refractivity contribution in [2.45, 2.75) is 30.9 Å². The molecule has 0 aromatic heterocycles. The summed E-state index contributed by atoms with van der Waals surface area (Å²) in [5.74, 6) is 1.72. The number of methoxy groups -OCH3 is 1. The molecule has 0 saturated heterocycles. The van der Waals surface area contributed by atoms with Gasteiger partial charge in [0.1, 0.15) is 5.75 Å². The third-order valence-corrected chi connectivity index (χ3v) is 4.90. The second-order valence-corrected chi connectivity index (χ2v) is 6.77. The van der Waals surface area contributed by atoms with Crippen molar-refractivity contribution >= 4 is 17.7 Å². The molecule has 2 aromatic carbocycles. The van der Waals surface area contributed by atoms with Crippen molar-refractivity contribution in [2.24, 2.45) is 0 Å². The van der Waals surface area contributed by atoms with E-state index in [2.05, 4.69) is 17.4 Å². The highest BCUT2D eigenvalue weighted by molar-refractivity contribution is 7.99. The first kappa shape index (κ1) is 17.4. The molecule has 0 bridgehead atoms. The van der Waals surface area contributed by atoms with Gasteiger partial charge in [-0.05, 0) is 37.1 Å². The van der Waals surface area contributed by atoms with E-state index in [0.717, 1.165) is 17.1 Å². The Morgan fingerprint density at radius 2 is 1.74 bits per heavy atom. The fourth-order valence-electron chi connectivity index (χ4n) is 2.18. The molecule has 2 unspecified atom stereocenters. The van der Waals surface area contributed by atoms with Crippen molar-refractivity contribution in [1.29, 1.82) is 0 Å². The Labute approximate surface area is 142 Å². The van der Waals surface area contributed by atoms with Crippen LogP contribution >= 0.6 is 11.8 Å². The number of amides is 1. The summed E-state index contributed by atoms with van der Waals surface area (Å²) in [4.78, 5) is 12.3. The fourth-order valence-corrected chi connectivity index (χ4v) is 3.03. The first-order chi connectivity index (χ1) is 11.1. The Hall–Kier alpha value is -1.94. The monoisotopic (exact) mass is 329 g/mol. The van der Waals surface area contributed by atoms with Gasteiger partial charge in [-0.1, -0.05) is 42.5 Å². The molecule has 0 aliphatic carbocycles. The first-order valence-corrected chi connectivity index (χ1v) is 8.75. The summed E-state index contributed by atoms with van der Waals surface area (Å²) in [6.45, 7) is 3.94. The molecular formula is C19H23NO2S. The second-order valence-electron chi connectivity index (χ2n) is 5.44. The zero-order valence-corrected chi connectivity index (χ0v) is 14.6. The van der Waals surface area contributed by atoms with E-state index in [1.54, 1.807) is 18.9 Å². The standard InChI is InChI=1S/C19H23NO2S/c1-14(17-9-11-18(22-3)12-10-17)20-19(21)15(2)23-13-16-7-5-4-6-8-16/h4-12,14-15H,13H2,1-3H3,(H,20,21). The molecular weight excluding hydrogens is 306 g/mol. The minimum absolute atomic E-state index is 0.0202. The first-order valence-electron chi connectivity index (χ1n) is 7.70. The third kappa shape index (κ3) is 5.32. The third-order valence-electron chi connectivity index (χ3n) is 3.69. The second kappa shape index (κ2) is 8.63. The summed E-state index contributed by atoms with van der Waals surface area (Å²) in [6.07, 6.45) is 0. The Morgan fingerprint density at radius 1 is 1.09 bits per heavy atom. The van der Waals surface area contributed by atoms with Gasteiger partial charge in [0, 0.05) is 5.75 Å². The van der Waals surface area contributed by atoms with E-state index in [9.17, 15) is 4.79 Å². The highest BCUT2D eigenvalue weighted by Crippen LogP contribution is 2.20. The van der Waals surface area contributed by atoms with Crippen LogP contribution < -0.4 is 10.1 Å². The molecule has 2 rings (SSSR count). The minimum atomic E-state index is -0.0871. The molecule has 0 aliphatic rings. The topological polar surface area (TPSA) is 38.3 Å². The molecule has 2 aromatic rings. The lowest BCUT2D eigenvalue weighted by Crippen LogP contribution is -2.33. The van der Waals surface area contributed by atoms with Gasteiger partial charge in [-0.15, -0.1) is 11.8 Å². The Balaban J connectivity index is 1.84. The average Bonchev–Trinajstić information content (AvgIpc) is 2.60. The van der Waals surface area contributed by atoms with Gasteiger partial charge < -0.3 is 10.1 Å². The van der Waals surface area contributed by atoms with Crippen LogP contribution in [0.5, 0.6) is 5.75 Å². The van der Waals surface area contributed by atoms with Crippen LogP contribution in [-0.2, 0) is 10.5 Å². The zero-order valence-electron chi connectivity index (χ0n) is 13.8. The summed E-state index contributed by atoms with van der Waals surface area (Å²) in [5.41, 5.74) is 2.31. The van der Waals surface area contributed by atoms with E-state index in [4.69, 9.17) is 4.74 Å². The van der Waals surface area contributed by atoms with Crippen LogP contribution in [0.2, 0.25) is 0 Å². The lowest BCUT2D eigenvalue weighted by atomic mass is 10.1. The average molecular weight is 329 g/mol. The van der Waals surface area contributed by atoms with Crippen molar-refractivity contribution < 1.29 is 9.53 Å². The van der Waals surface area contributed by atoms with E-state index in [-0.39, 0.29) is 17.2 Å².